The maximum absolute atomic E-state index is 10.9. The lowest BCUT2D eigenvalue weighted by Gasteiger charge is -2.39. The third-order valence-electron chi connectivity index (χ3n) is 2.63. The van der Waals surface area contributed by atoms with Crippen LogP contribution in [0.4, 0.5) is 0 Å². The fraction of sp³-hybridized carbons (Fsp3) is 0.889. The van der Waals surface area contributed by atoms with Crippen LogP contribution in [0.25, 0.3) is 0 Å². The number of ketones is 1. The van der Waals surface area contributed by atoms with Crippen molar-refractivity contribution in [1.29, 1.82) is 0 Å². The monoisotopic (exact) mass is 316 g/mol. The molecule has 11 heteroatoms. The molecule has 0 aromatic heterocycles. The quantitative estimate of drug-likeness (QED) is 0.307. The summed E-state index contributed by atoms with van der Waals surface area (Å²) in [5.41, 5.74) is 0. The van der Waals surface area contributed by atoms with E-state index in [1.807, 2.05) is 0 Å². The molecule has 0 radical (unpaired) electrons. The Morgan fingerprint density at radius 2 is 1.75 bits per heavy atom. The van der Waals surface area contributed by atoms with Crippen LogP contribution in [0.5, 0.6) is 0 Å². The van der Waals surface area contributed by atoms with Gasteiger partial charge in [-0.2, -0.15) is 8.42 Å². The molecule has 0 unspecified atom stereocenters. The van der Waals surface area contributed by atoms with Crippen molar-refractivity contribution < 1.29 is 47.7 Å². The number of Topliss-reactive ketones (excluding diaryl/α,β-unsaturated/α-hetero) is 1. The number of aliphatic hydroxyl groups excluding tert-OH is 4. The fourth-order valence-electron chi connectivity index (χ4n) is 1.62. The summed E-state index contributed by atoms with van der Waals surface area (Å²) < 4.78 is 39.9. The Morgan fingerprint density at radius 3 is 2.25 bits per heavy atom. The van der Waals surface area contributed by atoms with Gasteiger partial charge in [-0.15, -0.1) is 0 Å². The van der Waals surface area contributed by atoms with Crippen molar-refractivity contribution in [3.05, 3.63) is 0 Å². The van der Waals surface area contributed by atoms with Crippen molar-refractivity contribution in [3.63, 3.8) is 0 Å². The molecule has 1 aliphatic heterocycles. The molecule has 1 aliphatic rings. The van der Waals surface area contributed by atoms with Gasteiger partial charge in [0.2, 0.25) is 0 Å². The summed E-state index contributed by atoms with van der Waals surface area (Å²) in [6, 6.07) is 0. The first kappa shape index (κ1) is 17.4. The molecule has 0 bridgehead atoms. The minimum atomic E-state index is -4.50. The van der Waals surface area contributed by atoms with Gasteiger partial charge >= 0.3 is 0 Å². The smallest absolute Gasteiger partial charge is 0.267 e. The SMILES string of the molecule is O=C(CO)CO[C@H]1O[C@H](CS(=O)(=O)O)[C@@H](O)[C@H](O)[C@H]1O. The number of aliphatic hydroxyl groups is 4. The molecule has 10 nitrogen and oxygen atoms in total. The van der Waals surface area contributed by atoms with E-state index in [-0.39, 0.29) is 0 Å². The van der Waals surface area contributed by atoms with Gasteiger partial charge in [0.05, 0.1) is 0 Å². The average molecular weight is 316 g/mol. The van der Waals surface area contributed by atoms with E-state index < -0.39 is 65.6 Å². The number of carbonyl (C=O) groups is 1. The van der Waals surface area contributed by atoms with E-state index >= 15 is 0 Å². The molecule has 5 atom stereocenters. The highest BCUT2D eigenvalue weighted by Gasteiger charge is 2.45. The van der Waals surface area contributed by atoms with Gasteiger partial charge in [-0.3, -0.25) is 9.35 Å². The van der Waals surface area contributed by atoms with E-state index in [1.165, 1.54) is 0 Å². The molecule has 0 spiro atoms. The molecule has 0 aromatic rings. The Labute approximate surface area is 114 Å². The average Bonchev–Trinajstić information content (AvgIpc) is 2.36. The highest BCUT2D eigenvalue weighted by atomic mass is 32.2. The first-order chi connectivity index (χ1) is 9.15. The van der Waals surface area contributed by atoms with E-state index in [0.29, 0.717) is 0 Å². The Balaban J connectivity index is 2.73. The molecule has 0 amide bonds. The summed E-state index contributed by atoms with van der Waals surface area (Å²) in [5.74, 6) is -1.75. The number of rotatable bonds is 6. The third-order valence-corrected chi connectivity index (χ3v) is 3.38. The van der Waals surface area contributed by atoms with Crippen molar-refractivity contribution in [2.75, 3.05) is 19.0 Å². The van der Waals surface area contributed by atoms with Gasteiger partial charge in [0, 0.05) is 0 Å². The lowest BCUT2D eigenvalue weighted by atomic mass is 10.00. The molecule has 0 saturated carbocycles. The standard InChI is InChI=1S/C9H16O10S/c10-1-4(11)2-18-9-8(14)7(13)6(12)5(19-9)3-20(15,16)17/h5-10,12-14H,1-3H2,(H,15,16,17)/t5-,6-,7+,8-,9+/m1/s1. The first-order valence-corrected chi connectivity index (χ1v) is 7.15. The van der Waals surface area contributed by atoms with Crippen molar-refractivity contribution in [2.24, 2.45) is 0 Å². The molecule has 1 rings (SSSR count). The van der Waals surface area contributed by atoms with Gasteiger partial charge in [0.25, 0.3) is 10.1 Å². The molecule has 20 heavy (non-hydrogen) atoms. The van der Waals surface area contributed by atoms with Crippen LogP contribution in [0.3, 0.4) is 0 Å². The van der Waals surface area contributed by atoms with Gasteiger partial charge in [0.1, 0.15) is 43.4 Å². The molecule has 1 saturated heterocycles. The second-order valence-electron chi connectivity index (χ2n) is 4.27. The molecule has 118 valence electrons. The molecule has 0 aromatic carbocycles. The minimum absolute atomic E-state index is 0.639. The van der Waals surface area contributed by atoms with E-state index in [9.17, 15) is 28.5 Å². The molecular formula is C9H16O10S. The summed E-state index contributed by atoms with van der Waals surface area (Å²) >= 11 is 0. The second-order valence-corrected chi connectivity index (χ2v) is 5.77. The number of hydrogen-bond donors (Lipinski definition) is 5. The molecular weight excluding hydrogens is 300 g/mol. The number of carbonyl (C=O) groups excluding carboxylic acids is 1. The zero-order chi connectivity index (χ0) is 15.5. The van der Waals surface area contributed by atoms with E-state index in [4.69, 9.17) is 19.1 Å². The second kappa shape index (κ2) is 6.87. The fourth-order valence-corrected chi connectivity index (χ4v) is 2.31. The molecule has 1 heterocycles. The summed E-state index contributed by atoms with van der Waals surface area (Å²) in [6.45, 7) is -1.44. The summed E-state index contributed by atoms with van der Waals surface area (Å²) in [4.78, 5) is 10.9. The number of ether oxygens (including phenoxy) is 2. The van der Waals surface area contributed by atoms with Crippen LogP contribution in [-0.2, 0) is 24.4 Å². The van der Waals surface area contributed by atoms with Crippen LogP contribution in [0.1, 0.15) is 0 Å². The molecule has 0 aliphatic carbocycles. The Hall–Kier alpha value is -0.660. The highest BCUT2D eigenvalue weighted by Crippen LogP contribution is 2.23. The van der Waals surface area contributed by atoms with Gasteiger partial charge < -0.3 is 29.9 Å². The third kappa shape index (κ3) is 4.71. The first-order valence-electron chi connectivity index (χ1n) is 5.54. The van der Waals surface area contributed by atoms with Crippen LogP contribution in [0, 0.1) is 0 Å². The lowest BCUT2D eigenvalue weighted by molar-refractivity contribution is -0.290. The van der Waals surface area contributed by atoms with Crippen LogP contribution in [-0.4, -0.2) is 88.9 Å². The van der Waals surface area contributed by atoms with Crippen LogP contribution >= 0.6 is 0 Å². The highest BCUT2D eigenvalue weighted by molar-refractivity contribution is 7.85. The summed E-state index contributed by atoms with van der Waals surface area (Å²) in [6.07, 6.45) is -8.41. The van der Waals surface area contributed by atoms with Crippen molar-refractivity contribution >= 4 is 15.9 Å². The minimum Gasteiger partial charge on any atom is -0.388 e. The maximum Gasteiger partial charge on any atom is 0.267 e. The predicted octanol–water partition coefficient (Wildman–Crippen LogP) is -3.74. The summed E-state index contributed by atoms with van der Waals surface area (Å²) in [5, 5.41) is 37.1. The van der Waals surface area contributed by atoms with Crippen molar-refractivity contribution in [2.45, 2.75) is 30.7 Å². The molecule has 5 N–H and O–H groups in total. The van der Waals surface area contributed by atoms with Gasteiger partial charge in [0.15, 0.2) is 12.1 Å². The van der Waals surface area contributed by atoms with Crippen molar-refractivity contribution in [3.8, 4) is 0 Å². The molecule has 1 fully saturated rings. The number of hydrogen-bond acceptors (Lipinski definition) is 9. The topological polar surface area (TPSA) is 171 Å². The Bertz CT molecular complexity index is 434. The van der Waals surface area contributed by atoms with Crippen LogP contribution in [0.2, 0.25) is 0 Å². The van der Waals surface area contributed by atoms with E-state index in [0.717, 1.165) is 0 Å². The summed E-state index contributed by atoms with van der Waals surface area (Å²) in [7, 11) is -4.50. The maximum atomic E-state index is 10.9. The Morgan fingerprint density at radius 1 is 1.15 bits per heavy atom. The predicted molar refractivity (Wildman–Crippen MR) is 61.1 cm³/mol. The van der Waals surface area contributed by atoms with Crippen LogP contribution in [0.15, 0.2) is 0 Å². The zero-order valence-electron chi connectivity index (χ0n) is 10.2. The lowest BCUT2D eigenvalue weighted by Crippen LogP contribution is -2.59. The zero-order valence-corrected chi connectivity index (χ0v) is 11.0. The normalized spacial score (nSPS) is 35.0. The van der Waals surface area contributed by atoms with Crippen LogP contribution < -0.4 is 0 Å². The van der Waals surface area contributed by atoms with Gasteiger partial charge in [-0.1, -0.05) is 0 Å². The Kier molecular flexibility index (Phi) is 5.97. The largest absolute Gasteiger partial charge is 0.388 e. The van der Waals surface area contributed by atoms with Crippen molar-refractivity contribution in [1.82, 2.24) is 0 Å². The van der Waals surface area contributed by atoms with E-state index in [1.54, 1.807) is 0 Å². The van der Waals surface area contributed by atoms with Gasteiger partial charge in [-0.05, 0) is 0 Å². The van der Waals surface area contributed by atoms with Gasteiger partial charge in [-0.25, -0.2) is 0 Å². The van der Waals surface area contributed by atoms with E-state index in [2.05, 4.69) is 0 Å².